The highest BCUT2D eigenvalue weighted by atomic mass is 32.2. The number of aldehydes is 1. The first-order chi connectivity index (χ1) is 16.0. The lowest BCUT2D eigenvalue weighted by Crippen LogP contribution is -2.11. The van der Waals surface area contributed by atoms with Crippen molar-refractivity contribution in [2.75, 3.05) is 13.7 Å². The number of carbonyl (C=O) groups is 3. The van der Waals surface area contributed by atoms with Gasteiger partial charge in [-0.25, -0.2) is 0 Å². The zero-order valence-electron chi connectivity index (χ0n) is 19.2. The molecule has 2 rings (SSSR count). The van der Waals surface area contributed by atoms with Gasteiger partial charge in [0, 0.05) is 13.5 Å². The number of thioether (sulfide) groups is 1. The van der Waals surface area contributed by atoms with Crippen molar-refractivity contribution in [3.63, 3.8) is 0 Å². The molecule has 0 fully saturated rings. The molecule has 0 unspecified atom stereocenters. The highest BCUT2D eigenvalue weighted by molar-refractivity contribution is 8.17. The van der Waals surface area contributed by atoms with E-state index in [9.17, 15) is 14.4 Å². The molecule has 7 heteroatoms. The first-order valence-electron chi connectivity index (χ1n) is 11.5. The summed E-state index contributed by atoms with van der Waals surface area (Å²) >= 11 is 0.872. The molecule has 0 saturated carbocycles. The Morgan fingerprint density at radius 2 is 1.58 bits per heavy atom. The third-order valence-corrected chi connectivity index (χ3v) is 6.07. The van der Waals surface area contributed by atoms with E-state index >= 15 is 0 Å². The van der Waals surface area contributed by atoms with E-state index in [1.807, 2.05) is 36.4 Å². The zero-order valence-corrected chi connectivity index (χ0v) is 20.0. The van der Waals surface area contributed by atoms with Crippen molar-refractivity contribution in [1.29, 1.82) is 0 Å². The molecule has 0 aromatic heterocycles. The standard InChI is InChI=1S/C26H33NO5S/c1-27-26(31)33-24(19-28)17-20-11-12-22-18-23(14-13-21(22)16-20)32-15-9-7-5-3-2-4-6-8-10-25(29)30/h11-14,16-19H,2-10,15H2,1H3,(H,27,31)(H,29,30)/b24-17-. The Balaban J connectivity index is 1.72. The minimum Gasteiger partial charge on any atom is -0.494 e. The van der Waals surface area contributed by atoms with E-state index in [-0.39, 0.29) is 11.7 Å². The number of aliphatic carboxylic acids is 1. The number of unbranched alkanes of at least 4 members (excludes halogenated alkanes) is 7. The summed E-state index contributed by atoms with van der Waals surface area (Å²) in [4.78, 5) is 33.5. The number of hydrogen-bond acceptors (Lipinski definition) is 5. The molecule has 0 spiro atoms. The predicted molar refractivity (Wildman–Crippen MR) is 135 cm³/mol. The third kappa shape index (κ3) is 10.6. The molecule has 2 aromatic rings. The topological polar surface area (TPSA) is 92.7 Å². The molecule has 0 aliphatic heterocycles. The largest absolute Gasteiger partial charge is 0.494 e. The molecular formula is C26H33NO5S. The highest BCUT2D eigenvalue weighted by Gasteiger charge is 2.05. The second kappa shape index (κ2) is 15.1. The van der Waals surface area contributed by atoms with Gasteiger partial charge in [-0.1, -0.05) is 56.7 Å². The van der Waals surface area contributed by atoms with Crippen LogP contribution in [0.5, 0.6) is 5.75 Å². The number of carboxylic acid groups (broad SMARTS) is 1. The van der Waals surface area contributed by atoms with Crippen LogP contribution in [-0.4, -0.2) is 36.3 Å². The molecule has 0 aliphatic carbocycles. The van der Waals surface area contributed by atoms with E-state index in [2.05, 4.69) is 5.32 Å². The number of fused-ring (bicyclic) bond motifs is 1. The fourth-order valence-electron chi connectivity index (χ4n) is 3.46. The summed E-state index contributed by atoms with van der Waals surface area (Å²) in [6.07, 6.45) is 11.2. The Morgan fingerprint density at radius 3 is 2.24 bits per heavy atom. The van der Waals surface area contributed by atoms with Gasteiger partial charge in [0.05, 0.1) is 11.5 Å². The maximum absolute atomic E-state index is 11.5. The number of hydrogen-bond donors (Lipinski definition) is 2. The van der Waals surface area contributed by atoms with Crippen molar-refractivity contribution < 1.29 is 24.2 Å². The summed E-state index contributed by atoms with van der Waals surface area (Å²) < 4.78 is 5.90. The summed E-state index contributed by atoms with van der Waals surface area (Å²) in [5.74, 6) is 0.137. The van der Waals surface area contributed by atoms with Crippen LogP contribution in [0.4, 0.5) is 4.79 Å². The van der Waals surface area contributed by atoms with Crippen LogP contribution >= 0.6 is 11.8 Å². The van der Waals surface area contributed by atoms with Gasteiger partial charge in [-0.15, -0.1) is 0 Å². The van der Waals surface area contributed by atoms with Crippen molar-refractivity contribution in [3.05, 3.63) is 46.9 Å². The van der Waals surface area contributed by atoms with Crippen molar-refractivity contribution in [2.24, 2.45) is 0 Å². The molecule has 1 amide bonds. The predicted octanol–water partition coefficient (Wildman–Crippen LogP) is 6.43. The van der Waals surface area contributed by atoms with E-state index in [4.69, 9.17) is 9.84 Å². The van der Waals surface area contributed by atoms with Crippen molar-refractivity contribution in [2.45, 2.75) is 57.8 Å². The number of amides is 1. The van der Waals surface area contributed by atoms with Crippen LogP contribution < -0.4 is 10.1 Å². The minimum atomic E-state index is -0.704. The van der Waals surface area contributed by atoms with Crippen LogP contribution in [0, 0.1) is 0 Å². The smallest absolute Gasteiger partial charge is 0.303 e. The average Bonchev–Trinajstić information content (AvgIpc) is 2.81. The monoisotopic (exact) mass is 471 g/mol. The molecule has 6 nitrogen and oxygen atoms in total. The second-order valence-electron chi connectivity index (χ2n) is 7.89. The number of carbonyl (C=O) groups excluding carboxylic acids is 2. The fourth-order valence-corrected chi connectivity index (χ4v) is 4.02. The summed E-state index contributed by atoms with van der Waals surface area (Å²) in [5, 5.41) is 12.9. The molecule has 2 aromatic carbocycles. The van der Waals surface area contributed by atoms with E-state index in [1.165, 1.54) is 26.3 Å². The summed E-state index contributed by atoms with van der Waals surface area (Å²) in [6, 6.07) is 11.8. The van der Waals surface area contributed by atoms with Gasteiger partial charge in [0.25, 0.3) is 5.24 Å². The molecule has 0 bridgehead atoms. The zero-order chi connectivity index (χ0) is 23.9. The molecule has 33 heavy (non-hydrogen) atoms. The van der Waals surface area contributed by atoms with Gasteiger partial charge in [-0.05, 0) is 65.2 Å². The SMILES string of the molecule is CNC(=O)S/C(C=O)=C\c1ccc2cc(OCCCCCCCCCCC(=O)O)ccc2c1. The number of ether oxygens (including phenoxy) is 1. The van der Waals surface area contributed by atoms with Gasteiger partial charge < -0.3 is 15.2 Å². The number of carboxylic acids is 1. The molecule has 0 heterocycles. The average molecular weight is 472 g/mol. The first-order valence-corrected chi connectivity index (χ1v) is 12.3. The molecule has 0 aliphatic rings. The maximum Gasteiger partial charge on any atom is 0.303 e. The Kier molecular flexibility index (Phi) is 12.1. The molecule has 0 radical (unpaired) electrons. The van der Waals surface area contributed by atoms with Crippen LogP contribution in [0.25, 0.3) is 16.8 Å². The first kappa shape index (κ1) is 26.5. The third-order valence-electron chi connectivity index (χ3n) is 5.23. The molecule has 178 valence electrons. The molecule has 0 saturated heterocycles. The van der Waals surface area contributed by atoms with E-state index in [0.29, 0.717) is 17.8 Å². The van der Waals surface area contributed by atoms with Crippen LogP contribution in [-0.2, 0) is 9.59 Å². The van der Waals surface area contributed by atoms with Crippen LogP contribution in [0.15, 0.2) is 41.3 Å². The Hall–Kier alpha value is -2.80. The lowest BCUT2D eigenvalue weighted by atomic mass is 10.1. The lowest BCUT2D eigenvalue weighted by molar-refractivity contribution is -0.137. The Morgan fingerprint density at radius 1 is 0.939 bits per heavy atom. The summed E-state index contributed by atoms with van der Waals surface area (Å²) in [6.45, 7) is 0.685. The van der Waals surface area contributed by atoms with Crippen LogP contribution in [0.2, 0.25) is 0 Å². The Bertz CT molecular complexity index is 957. The van der Waals surface area contributed by atoms with Gasteiger partial charge in [-0.3, -0.25) is 14.4 Å². The number of benzene rings is 2. The number of allylic oxidation sites excluding steroid dienone is 1. The van der Waals surface area contributed by atoms with Crippen LogP contribution in [0.3, 0.4) is 0 Å². The maximum atomic E-state index is 11.5. The molecule has 2 N–H and O–H groups in total. The van der Waals surface area contributed by atoms with Gasteiger partial charge in [0.2, 0.25) is 0 Å². The van der Waals surface area contributed by atoms with E-state index < -0.39 is 5.97 Å². The number of rotatable bonds is 15. The second-order valence-corrected chi connectivity index (χ2v) is 8.94. The van der Waals surface area contributed by atoms with Crippen molar-refractivity contribution in [3.8, 4) is 5.75 Å². The van der Waals surface area contributed by atoms with Gasteiger partial charge in [0.15, 0.2) is 6.29 Å². The van der Waals surface area contributed by atoms with Gasteiger partial charge in [0.1, 0.15) is 5.75 Å². The summed E-state index contributed by atoms with van der Waals surface area (Å²) in [7, 11) is 1.53. The van der Waals surface area contributed by atoms with E-state index in [0.717, 1.165) is 66.0 Å². The molecular weight excluding hydrogens is 438 g/mol. The van der Waals surface area contributed by atoms with E-state index in [1.54, 1.807) is 6.08 Å². The fraction of sp³-hybridized carbons (Fsp3) is 0.423. The lowest BCUT2D eigenvalue weighted by Gasteiger charge is -2.08. The normalized spacial score (nSPS) is 11.4. The van der Waals surface area contributed by atoms with Gasteiger partial charge in [-0.2, -0.15) is 0 Å². The van der Waals surface area contributed by atoms with Gasteiger partial charge >= 0.3 is 5.97 Å². The Labute approximate surface area is 199 Å². The number of nitrogens with one attached hydrogen (secondary N) is 1. The minimum absolute atomic E-state index is 0.274. The van der Waals surface area contributed by atoms with Crippen molar-refractivity contribution >= 4 is 46.1 Å². The van der Waals surface area contributed by atoms with Crippen LogP contribution in [0.1, 0.15) is 63.4 Å². The summed E-state index contributed by atoms with van der Waals surface area (Å²) in [5.41, 5.74) is 0.858. The highest BCUT2D eigenvalue weighted by Crippen LogP contribution is 2.25. The quantitative estimate of drug-likeness (QED) is 0.177. The van der Waals surface area contributed by atoms with Crippen molar-refractivity contribution in [1.82, 2.24) is 5.32 Å². The molecule has 0 atom stereocenters.